The topological polar surface area (TPSA) is 60.9 Å². The van der Waals surface area contributed by atoms with Crippen LogP contribution >= 0.6 is 12.4 Å². The Morgan fingerprint density at radius 2 is 1.66 bits per heavy atom. The lowest BCUT2D eigenvalue weighted by Crippen LogP contribution is -2.44. The number of nitrogens with zero attached hydrogens (tertiary/aromatic N) is 2. The van der Waals surface area contributed by atoms with Crippen LogP contribution in [0.3, 0.4) is 0 Å². The van der Waals surface area contributed by atoms with Gasteiger partial charge in [0.1, 0.15) is 0 Å². The molecule has 29 heavy (non-hydrogen) atoms. The summed E-state index contributed by atoms with van der Waals surface area (Å²) >= 11 is 0. The summed E-state index contributed by atoms with van der Waals surface area (Å²) in [6.45, 7) is 6.32. The molecular formula is C22H31ClN2O3S. The minimum Gasteiger partial charge on any atom is -0.390 e. The van der Waals surface area contributed by atoms with Crippen LogP contribution in [0.15, 0.2) is 53.4 Å². The lowest BCUT2D eigenvalue weighted by molar-refractivity contribution is 0.107. The molecule has 2 aromatic rings. The fraction of sp³-hybridized carbons (Fsp3) is 0.455. The highest BCUT2D eigenvalue weighted by Crippen LogP contribution is 2.25. The first kappa shape index (κ1) is 23.7. The summed E-state index contributed by atoms with van der Waals surface area (Å²) < 4.78 is 28.1. The average Bonchev–Trinajstić information content (AvgIpc) is 2.67. The number of hydrogen-bond acceptors (Lipinski definition) is 4. The van der Waals surface area contributed by atoms with E-state index in [1.54, 1.807) is 30.3 Å². The van der Waals surface area contributed by atoms with Gasteiger partial charge in [0.15, 0.2) is 0 Å². The Balaban J connectivity index is 0.00000300. The van der Waals surface area contributed by atoms with E-state index in [-0.39, 0.29) is 23.8 Å². The number of aliphatic hydroxyl groups excluding tert-OH is 1. The zero-order valence-electron chi connectivity index (χ0n) is 17.1. The van der Waals surface area contributed by atoms with Crippen molar-refractivity contribution in [2.24, 2.45) is 0 Å². The third-order valence-electron chi connectivity index (χ3n) is 5.19. The smallest absolute Gasteiger partial charge is 0.264 e. The molecule has 3 rings (SSSR count). The van der Waals surface area contributed by atoms with Gasteiger partial charge in [-0.15, -0.1) is 12.4 Å². The first-order chi connectivity index (χ1) is 13.4. The van der Waals surface area contributed by atoms with Crippen molar-refractivity contribution in [1.29, 1.82) is 0 Å². The largest absolute Gasteiger partial charge is 0.390 e. The molecule has 0 amide bonds. The highest BCUT2D eigenvalue weighted by atomic mass is 35.5. The number of sulfonamides is 1. The Morgan fingerprint density at radius 1 is 1.00 bits per heavy atom. The molecule has 2 aromatic carbocycles. The highest BCUT2D eigenvalue weighted by molar-refractivity contribution is 7.92. The summed E-state index contributed by atoms with van der Waals surface area (Å²) in [6.07, 6.45) is 2.74. The summed E-state index contributed by atoms with van der Waals surface area (Å²) in [4.78, 5) is 2.46. The summed E-state index contributed by atoms with van der Waals surface area (Å²) in [5, 5.41) is 10.7. The first-order valence-corrected chi connectivity index (χ1v) is 11.4. The molecule has 1 aliphatic heterocycles. The number of aliphatic hydroxyl groups is 1. The van der Waals surface area contributed by atoms with Crippen LogP contribution in [-0.2, 0) is 10.0 Å². The van der Waals surface area contributed by atoms with E-state index >= 15 is 0 Å². The number of piperidine rings is 1. The van der Waals surface area contributed by atoms with Crippen LogP contribution in [0.5, 0.6) is 0 Å². The Morgan fingerprint density at radius 3 is 2.28 bits per heavy atom. The summed E-state index contributed by atoms with van der Waals surface area (Å²) in [6, 6.07) is 14.3. The maximum Gasteiger partial charge on any atom is 0.264 e. The third-order valence-corrected chi connectivity index (χ3v) is 7.00. The van der Waals surface area contributed by atoms with Crippen LogP contribution in [0.1, 0.15) is 30.4 Å². The van der Waals surface area contributed by atoms with Crippen molar-refractivity contribution < 1.29 is 13.5 Å². The van der Waals surface area contributed by atoms with Crippen LogP contribution in [0, 0.1) is 13.8 Å². The van der Waals surface area contributed by atoms with E-state index in [2.05, 4.69) is 4.90 Å². The van der Waals surface area contributed by atoms with Crippen LogP contribution in [-0.4, -0.2) is 50.7 Å². The van der Waals surface area contributed by atoms with Crippen molar-refractivity contribution in [2.45, 2.75) is 44.1 Å². The lowest BCUT2D eigenvalue weighted by atomic mass is 10.1. The zero-order valence-corrected chi connectivity index (χ0v) is 18.8. The number of halogens is 1. The van der Waals surface area contributed by atoms with Crippen LogP contribution in [0.25, 0.3) is 0 Å². The van der Waals surface area contributed by atoms with E-state index in [1.165, 1.54) is 10.7 Å². The number of anilines is 1. The number of β-amino-alcohol motifs (C(OH)–C–C–N with tert-alkyl or cyclic N) is 1. The molecule has 0 bridgehead atoms. The summed E-state index contributed by atoms with van der Waals surface area (Å²) in [5.41, 5.74) is 2.57. The van der Waals surface area contributed by atoms with Crippen molar-refractivity contribution >= 4 is 28.1 Å². The predicted octanol–water partition coefficient (Wildman–Crippen LogP) is 3.77. The molecule has 0 aliphatic carbocycles. The van der Waals surface area contributed by atoms with E-state index in [0.29, 0.717) is 12.2 Å². The molecular weight excluding hydrogens is 408 g/mol. The van der Waals surface area contributed by atoms with Crippen LogP contribution in [0.2, 0.25) is 0 Å². The first-order valence-electron chi connectivity index (χ1n) is 9.93. The monoisotopic (exact) mass is 438 g/mol. The zero-order chi connectivity index (χ0) is 20.1. The van der Waals surface area contributed by atoms with E-state index in [0.717, 1.165) is 37.1 Å². The van der Waals surface area contributed by atoms with Crippen molar-refractivity contribution in [3.63, 3.8) is 0 Å². The SMILES string of the molecule is Cc1ccc(S(=O)(=O)N(CC(O)CN2CCCCC2)c2cccc(C)c2)cc1.Cl. The molecule has 1 N–H and O–H groups in total. The molecule has 0 saturated carbocycles. The standard InChI is InChI=1S/C22H30N2O3S.ClH/c1-18-9-11-22(12-10-18)28(26,27)24(20-8-6-7-19(2)15-20)17-21(25)16-23-13-4-3-5-14-23;/h6-12,15,21,25H,3-5,13-14,16-17H2,1-2H3;1H. The lowest BCUT2D eigenvalue weighted by Gasteiger charge is -2.32. The quantitative estimate of drug-likeness (QED) is 0.714. The number of rotatable bonds is 7. The van der Waals surface area contributed by atoms with Gasteiger partial charge in [-0.1, -0.05) is 36.2 Å². The fourth-order valence-electron chi connectivity index (χ4n) is 3.65. The second kappa shape index (κ2) is 10.4. The number of aryl methyl sites for hydroxylation is 2. The van der Waals surface area contributed by atoms with E-state index in [1.807, 2.05) is 32.0 Å². The predicted molar refractivity (Wildman–Crippen MR) is 120 cm³/mol. The molecule has 1 saturated heterocycles. The van der Waals surface area contributed by atoms with Gasteiger partial charge in [0, 0.05) is 6.54 Å². The molecule has 0 spiro atoms. The molecule has 0 aromatic heterocycles. The van der Waals surface area contributed by atoms with Crippen LogP contribution < -0.4 is 4.31 Å². The maximum atomic E-state index is 13.4. The van der Waals surface area contributed by atoms with Gasteiger partial charge in [-0.2, -0.15) is 0 Å². The Hall–Kier alpha value is -1.60. The molecule has 1 aliphatic rings. The number of likely N-dealkylation sites (tertiary alicyclic amines) is 1. The molecule has 7 heteroatoms. The molecule has 0 radical (unpaired) electrons. The van der Waals surface area contributed by atoms with Gasteiger partial charge in [-0.3, -0.25) is 4.31 Å². The molecule has 1 atom stereocenters. The number of benzene rings is 2. The second-order valence-electron chi connectivity index (χ2n) is 7.70. The fourth-order valence-corrected chi connectivity index (χ4v) is 5.15. The molecule has 160 valence electrons. The third kappa shape index (κ3) is 6.19. The van der Waals surface area contributed by atoms with Crippen molar-refractivity contribution in [1.82, 2.24) is 4.90 Å². The average molecular weight is 439 g/mol. The molecule has 1 fully saturated rings. The Labute approximate surface area is 180 Å². The Kier molecular flexibility index (Phi) is 8.52. The molecule has 1 heterocycles. The van der Waals surface area contributed by atoms with Gasteiger partial charge in [0.05, 0.1) is 23.2 Å². The van der Waals surface area contributed by atoms with E-state index < -0.39 is 16.1 Å². The van der Waals surface area contributed by atoms with Crippen LogP contribution in [0.4, 0.5) is 5.69 Å². The maximum absolute atomic E-state index is 13.4. The normalized spacial score (nSPS) is 16.1. The van der Waals surface area contributed by atoms with E-state index in [9.17, 15) is 13.5 Å². The molecule has 5 nitrogen and oxygen atoms in total. The second-order valence-corrected chi connectivity index (χ2v) is 9.57. The minimum absolute atomic E-state index is 0. The van der Waals surface area contributed by atoms with Gasteiger partial charge in [0.2, 0.25) is 0 Å². The van der Waals surface area contributed by atoms with Crippen molar-refractivity contribution in [3.05, 3.63) is 59.7 Å². The van der Waals surface area contributed by atoms with Gasteiger partial charge >= 0.3 is 0 Å². The van der Waals surface area contributed by atoms with Gasteiger partial charge in [0.25, 0.3) is 10.0 Å². The highest BCUT2D eigenvalue weighted by Gasteiger charge is 2.28. The van der Waals surface area contributed by atoms with Crippen molar-refractivity contribution in [2.75, 3.05) is 30.5 Å². The number of hydrogen-bond donors (Lipinski definition) is 1. The van der Waals surface area contributed by atoms with E-state index in [4.69, 9.17) is 0 Å². The van der Waals surface area contributed by atoms with Gasteiger partial charge in [-0.25, -0.2) is 8.42 Å². The van der Waals surface area contributed by atoms with Gasteiger partial charge in [-0.05, 0) is 69.6 Å². The Bertz CT molecular complexity index is 881. The summed E-state index contributed by atoms with van der Waals surface area (Å²) in [7, 11) is -3.77. The molecule has 1 unspecified atom stereocenters. The summed E-state index contributed by atoms with van der Waals surface area (Å²) in [5.74, 6) is 0. The minimum atomic E-state index is -3.77. The van der Waals surface area contributed by atoms with Gasteiger partial charge < -0.3 is 10.0 Å². The van der Waals surface area contributed by atoms with Crippen molar-refractivity contribution in [3.8, 4) is 0 Å².